The minimum atomic E-state index is -0.00284. The number of nitrogens with one attached hydrogen (secondary N) is 1. The first-order valence-corrected chi connectivity index (χ1v) is 6.50. The van der Waals surface area contributed by atoms with Crippen LogP contribution in [0.5, 0.6) is 0 Å². The van der Waals surface area contributed by atoms with Crippen molar-refractivity contribution in [2.24, 2.45) is 5.92 Å². The molecule has 0 radical (unpaired) electrons. The molecule has 0 aromatic carbocycles. The smallest absolute Gasteiger partial charge is 0.229 e. The Labute approximate surface area is 113 Å². The zero-order valence-corrected chi connectivity index (χ0v) is 11.1. The molecule has 2 heterocycles. The molecule has 2 aromatic heterocycles. The third-order valence-electron chi connectivity index (χ3n) is 3.00. The predicted octanol–water partition coefficient (Wildman–Crippen LogP) is 3.18. The number of aromatic nitrogens is 1. The van der Waals surface area contributed by atoms with Crippen molar-refractivity contribution < 1.29 is 9.21 Å². The molecule has 92 valence electrons. The summed E-state index contributed by atoms with van der Waals surface area (Å²) in [5.74, 6) is 1.67. The average Bonchev–Trinajstić information content (AvgIpc) is 2.96. The van der Waals surface area contributed by atoms with Gasteiger partial charge in [0, 0.05) is 11.8 Å². The third-order valence-corrected chi connectivity index (χ3v) is 3.44. The van der Waals surface area contributed by atoms with Crippen molar-refractivity contribution in [1.29, 1.82) is 0 Å². The molecule has 1 aliphatic rings. The molecule has 18 heavy (non-hydrogen) atoms. The van der Waals surface area contributed by atoms with E-state index in [0.29, 0.717) is 10.4 Å². The van der Waals surface area contributed by atoms with Crippen LogP contribution in [-0.2, 0) is 4.79 Å². The lowest BCUT2D eigenvalue weighted by Gasteiger charge is -2.03. The Morgan fingerprint density at radius 3 is 3.00 bits per heavy atom. The van der Waals surface area contributed by atoms with Crippen LogP contribution < -0.4 is 5.32 Å². The van der Waals surface area contributed by atoms with Crippen LogP contribution in [0.15, 0.2) is 45.6 Å². The second-order valence-electron chi connectivity index (χ2n) is 4.30. The van der Waals surface area contributed by atoms with Crippen LogP contribution in [0.3, 0.4) is 0 Å². The van der Waals surface area contributed by atoms with Crippen molar-refractivity contribution in [3.63, 3.8) is 0 Å². The molecule has 5 heteroatoms. The van der Waals surface area contributed by atoms with Crippen LogP contribution in [0.4, 0.5) is 5.82 Å². The summed E-state index contributed by atoms with van der Waals surface area (Å²) < 4.78 is 6.01. The maximum absolute atomic E-state index is 12.0. The van der Waals surface area contributed by atoms with E-state index in [-0.39, 0.29) is 17.7 Å². The average molecular weight is 307 g/mol. The van der Waals surface area contributed by atoms with E-state index in [1.807, 2.05) is 24.3 Å². The van der Waals surface area contributed by atoms with Gasteiger partial charge in [-0.05, 0) is 46.6 Å². The molecule has 3 rings (SSSR count). The van der Waals surface area contributed by atoms with Crippen LogP contribution >= 0.6 is 15.9 Å². The molecular formula is C13H11BrN2O2. The van der Waals surface area contributed by atoms with Gasteiger partial charge in [-0.25, -0.2) is 4.98 Å². The molecule has 0 saturated heterocycles. The van der Waals surface area contributed by atoms with Gasteiger partial charge in [0.15, 0.2) is 0 Å². The van der Waals surface area contributed by atoms with E-state index in [0.717, 1.165) is 12.2 Å². The van der Waals surface area contributed by atoms with Crippen molar-refractivity contribution in [2.45, 2.75) is 12.3 Å². The highest BCUT2D eigenvalue weighted by atomic mass is 79.9. The van der Waals surface area contributed by atoms with Crippen molar-refractivity contribution in [2.75, 3.05) is 5.32 Å². The summed E-state index contributed by atoms with van der Waals surface area (Å²) in [5, 5.41) is 2.81. The molecule has 1 fully saturated rings. The maximum Gasteiger partial charge on any atom is 0.229 e. The van der Waals surface area contributed by atoms with E-state index in [4.69, 9.17) is 4.42 Å². The number of anilines is 1. The zero-order valence-electron chi connectivity index (χ0n) is 9.47. The van der Waals surface area contributed by atoms with Crippen molar-refractivity contribution in [3.8, 4) is 0 Å². The Balaban J connectivity index is 1.64. The first-order valence-electron chi connectivity index (χ1n) is 5.71. The first-order chi connectivity index (χ1) is 8.74. The SMILES string of the molecule is O=C(Nc1cccc(Br)n1)C1CC1c1ccco1. The van der Waals surface area contributed by atoms with Crippen LogP contribution in [0.2, 0.25) is 0 Å². The highest BCUT2D eigenvalue weighted by Crippen LogP contribution is 2.48. The van der Waals surface area contributed by atoms with Crippen LogP contribution in [-0.4, -0.2) is 10.9 Å². The van der Waals surface area contributed by atoms with Gasteiger partial charge in [-0.2, -0.15) is 0 Å². The number of amides is 1. The number of furan rings is 1. The van der Waals surface area contributed by atoms with Gasteiger partial charge >= 0.3 is 0 Å². The number of nitrogens with zero attached hydrogens (tertiary/aromatic N) is 1. The second-order valence-corrected chi connectivity index (χ2v) is 5.11. The Hall–Kier alpha value is -1.62. The minimum absolute atomic E-state index is 0.00185. The van der Waals surface area contributed by atoms with Gasteiger partial charge in [0.05, 0.1) is 6.26 Å². The summed E-state index contributed by atoms with van der Waals surface area (Å²) in [5.41, 5.74) is 0. The van der Waals surface area contributed by atoms with Gasteiger partial charge in [-0.1, -0.05) is 6.07 Å². The van der Waals surface area contributed by atoms with E-state index in [9.17, 15) is 4.79 Å². The molecule has 0 aliphatic heterocycles. The number of rotatable bonds is 3. The van der Waals surface area contributed by atoms with Gasteiger partial charge in [0.1, 0.15) is 16.2 Å². The molecule has 0 spiro atoms. The molecule has 1 N–H and O–H groups in total. The number of carbonyl (C=O) groups is 1. The quantitative estimate of drug-likeness (QED) is 0.886. The molecule has 0 bridgehead atoms. The van der Waals surface area contributed by atoms with Crippen LogP contribution in [0.25, 0.3) is 0 Å². The van der Waals surface area contributed by atoms with E-state index < -0.39 is 0 Å². The largest absolute Gasteiger partial charge is 0.469 e. The monoisotopic (exact) mass is 306 g/mol. The highest BCUT2D eigenvalue weighted by molar-refractivity contribution is 9.10. The molecule has 1 saturated carbocycles. The first kappa shape index (κ1) is 11.5. The molecular weight excluding hydrogens is 296 g/mol. The minimum Gasteiger partial charge on any atom is -0.469 e. The van der Waals surface area contributed by atoms with E-state index >= 15 is 0 Å². The summed E-state index contributed by atoms with van der Waals surface area (Å²) in [7, 11) is 0. The fourth-order valence-corrected chi connectivity index (χ4v) is 2.34. The maximum atomic E-state index is 12.0. The van der Waals surface area contributed by atoms with Crippen molar-refractivity contribution in [3.05, 3.63) is 47.0 Å². The lowest BCUT2D eigenvalue weighted by molar-refractivity contribution is -0.117. The number of carbonyl (C=O) groups excluding carboxylic acids is 1. The van der Waals surface area contributed by atoms with E-state index in [2.05, 4.69) is 26.2 Å². The summed E-state index contributed by atoms with van der Waals surface area (Å²) in [6, 6.07) is 9.18. The zero-order chi connectivity index (χ0) is 12.5. The van der Waals surface area contributed by atoms with E-state index in [1.165, 1.54) is 0 Å². The number of pyridine rings is 1. The highest BCUT2D eigenvalue weighted by Gasteiger charge is 2.45. The lowest BCUT2D eigenvalue weighted by atomic mass is 10.2. The predicted molar refractivity (Wildman–Crippen MR) is 70.1 cm³/mol. The van der Waals surface area contributed by atoms with Crippen LogP contribution in [0.1, 0.15) is 18.1 Å². The Bertz CT molecular complexity index is 568. The third kappa shape index (κ3) is 2.31. The lowest BCUT2D eigenvalue weighted by Crippen LogP contribution is -2.15. The second kappa shape index (κ2) is 4.57. The van der Waals surface area contributed by atoms with Crippen LogP contribution in [0, 0.1) is 5.92 Å². The number of hydrogen-bond acceptors (Lipinski definition) is 3. The Morgan fingerprint density at radius 2 is 2.28 bits per heavy atom. The van der Waals surface area contributed by atoms with E-state index in [1.54, 1.807) is 12.3 Å². The molecule has 2 atom stereocenters. The number of hydrogen-bond donors (Lipinski definition) is 1. The molecule has 2 unspecified atom stereocenters. The summed E-state index contributed by atoms with van der Waals surface area (Å²) in [4.78, 5) is 16.2. The fourth-order valence-electron chi connectivity index (χ4n) is 2.00. The molecule has 4 nitrogen and oxygen atoms in total. The van der Waals surface area contributed by atoms with Gasteiger partial charge in [-0.3, -0.25) is 4.79 Å². The molecule has 1 aliphatic carbocycles. The standard InChI is InChI=1S/C13H11BrN2O2/c14-11-4-1-5-12(15-11)16-13(17)9-7-8(9)10-3-2-6-18-10/h1-6,8-9H,7H2,(H,15,16,17). The summed E-state index contributed by atoms with van der Waals surface area (Å²) in [6.07, 6.45) is 2.48. The topological polar surface area (TPSA) is 55.1 Å². The van der Waals surface area contributed by atoms with Gasteiger partial charge in [0.25, 0.3) is 0 Å². The van der Waals surface area contributed by atoms with Crippen molar-refractivity contribution in [1.82, 2.24) is 4.98 Å². The van der Waals surface area contributed by atoms with Crippen molar-refractivity contribution >= 4 is 27.7 Å². The van der Waals surface area contributed by atoms with Gasteiger partial charge < -0.3 is 9.73 Å². The molecule has 1 amide bonds. The Morgan fingerprint density at radius 1 is 1.39 bits per heavy atom. The summed E-state index contributed by atoms with van der Waals surface area (Å²) in [6.45, 7) is 0. The summed E-state index contributed by atoms with van der Waals surface area (Å²) >= 11 is 3.27. The van der Waals surface area contributed by atoms with Gasteiger partial charge in [0.2, 0.25) is 5.91 Å². The Kier molecular flexibility index (Phi) is 2.91. The molecule has 2 aromatic rings. The fraction of sp³-hybridized carbons (Fsp3) is 0.231. The van der Waals surface area contributed by atoms with Gasteiger partial charge in [-0.15, -0.1) is 0 Å². The normalized spacial score (nSPS) is 21.6. The number of halogens is 1.